The van der Waals surface area contributed by atoms with Crippen LogP contribution in [0.5, 0.6) is 0 Å². The molecule has 1 N–H and O–H groups in total. The van der Waals surface area contributed by atoms with Crippen molar-refractivity contribution in [3.05, 3.63) is 47.9 Å². The van der Waals surface area contributed by atoms with Gasteiger partial charge in [0.15, 0.2) is 17.2 Å². The summed E-state index contributed by atoms with van der Waals surface area (Å²) in [4.78, 5) is 24.7. The van der Waals surface area contributed by atoms with Crippen molar-refractivity contribution in [1.29, 1.82) is 0 Å². The van der Waals surface area contributed by atoms with Crippen LogP contribution >= 0.6 is 0 Å². The summed E-state index contributed by atoms with van der Waals surface area (Å²) in [6.07, 6.45) is 7.26. The molecule has 1 aromatic carbocycles. The van der Waals surface area contributed by atoms with Gasteiger partial charge in [0.2, 0.25) is 0 Å². The van der Waals surface area contributed by atoms with Gasteiger partial charge in [0, 0.05) is 25.0 Å². The van der Waals surface area contributed by atoms with Crippen molar-refractivity contribution >= 4 is 22.2 Å². The molecule has 0 radical (unpaired) electrons. The minimum absolute atomic E-state index is 0.126. The van der Waals surface area contributed by atoms with E-state index in [4.69, 9.17) is 19.2 Å². The van der Waals surface area contributed by atoms with E-state index in [0.29, 0.717) is 18.0 Å². The smallest absolute Gasteiger partial charge is 0.174 e. The molecule has 0 amide bonds. The average molecular weight is 616 g/mol. The van der Waals surface area contributed by atoms with Crippen molar-refractivity contribution in [2.75, 3.05) is 6.54 Å². The third-order valence-electron chi connectivity index (χ3n) is 10.3. The Hall–Kier alpha value is -2.92. The number of fused-ring (bicyclic) bond motifs is 3. The summed E-state index contributed by atoms with van der Waals surface area (Å²) in [5.41, 5.74) is 5.22. The van der Waals surface area contributed by atoms with E-state index in [1.807, 2.05) is 31.7 Å². The molecule has 4 aromatic rings. The molecule has 3 aromatic heterocycles. The van der Waals surface area contributed by atoms with E-state index < -0.39 is 11.5 Å². The molecule has 2 saturated heterocycles. The highest BCUT2D eigenvalue weighted by molar-refractivity contribution is 5.76. The second-order valence-corrected chi connectivity index (χ2v) is 15.5. The molecule has 0 bridgehead atoms. The van der Waals surface area contributed by atoms with E-state index in [-0.39, 0.29) is 23.7 Å². The van der Waals surface area contributed by atoms with Gasteiger partial charge in [0.25, 0.3) is 0 Å². The van der Waals surface area contributed by atoms with E-state index in [0.717, 1.165) is 53.1 Å². The lowest BCUT2D eigenvalue weighted by molar-refractivity contribution is -0.227. The Kier molecular flexibility index (Phi) is 7.39. The van der Waals surface area contributed by atoms with Crippen LogP contribution < -0.4 is 0 Å². The van der Waals surface area contributed by atoms with Gasteiger partial charge in [0.05, 0.1) is 23.1 Å². The molecule has 5 heterocycles. The fourth-order valence-corrected chi connectivity index (χ4v) is 7.71. The molecule has 7 rings (SSSR count). The number of aromatic amines is 1. The van der Waals surface area contributed by atoms with E-state index in [1.165, 1.54) is 18.4 Å². The Labute approximate surface area is 266 Å². The summed E-state index contributed by atoms with van der Waals surface area (Å²) in [6.45, 7) is 20.1. The number of aromatic nitrogens is 6. The van der Waals surface area contributed by atoms with Gasteiger partial charge in [-0.2, -0.15) is 0 Å². The normalized spacial score (nSPS) is 29.7. The van der Waals surface area contributed by atoms with Gasteiger partial charge in [0.1, 0.15) is 36.0 Å². The first-order chi connectivity index (χ1) is 21.2. The molecule has 0 spiro atoms. The summed E-state index contributed by atoms with van der Waals surface area (Å²) in [5.74, 6) is 1.09. The zero-order valence-corrected chi connectivity index (χ0v) is 28.3. The highest BCUT2D eigenvalue weighted by Crippen LogP contribution is 2.48. The summed E-state index contributed by atoms with van der Waals surface area (Å²) in [6, 6.07) is 7.53. The summed E-state index contributed by atoms with van der Waals surface area (Å²) in [5, 5.41) is 0. The maximum atomic E-state index is 6.95. The van der Waals surface area contributed by atoms with Crippen LogP contribution in [0.25, 0.3) is 22.2 Å². The molecule has 3 aliphatic rings. The van der Waals surface area contributed by atoms with Gasteiger partial charge in [-0.3, -0.25) is 9.47 Å². The summed E-state index contributed by atoms with van der Waals surface area (Å²) < 4.78 is 22.0. The molecule has 45 heavy (non-hydrogen) atoms. The largest absolute Gasteiger partial charge is 0.345 e. The van der Waals surface area contributed by atoms with E-state index >= 15 is 0 Å². The number of nitrogens with zero attached hydrogens (tertiary/aromatic N) is 6. The van der Waals surface area contributed by atoms with Crippen molar-refractivity contribution < 1.29 is 14.2 Å². The molecule has 1 saturated carbocycles. The monoisotopic (exact) mass is 615 g/mol. The van der Waals surface area contributed by atoms with Crippen molar-refractivity contribution in [2.45, 2.75) is 135 Å². The maximum Gasteiger partial charge on any atom is 0.174 e. The highest BCUT2D eigenvalue weighted by atomic mass is 16.8. The van der Waals surface area contributed by atoms with Crippen molar-refractivity contribution in [3.63, 3.8) is 0 Å². The standard InChI is InChI=1S/C35H49N7O3/c1-20(2)41(24-14-22(15-24)10-13-28-39-25-12-11-23(33(4,5)6)16-26(25)40-28)17-27-30-31(45-34(7,8)44-30)35(9,43-27)42-19-38-29-21(3)36-18-37-32(29)42/h11-12,16,18-20,22,24,27,30-31H,10,13-15,17H2,1-9H3,(H,39,40)/t22?,24?,27?,30-,31-,35+/m1/s1. The van der Waals surface area contributed by atoms with Crippen LogP contribution in [0.4, 0.5) is 0 Å². The maximum absolute atomic E-state index is 6.95. The van der Waals surface area contributed by atoms with Gasteiger partial charge in [-0.25, -0.2) is 19.9 Å². The number of hydrogen-bond acceptors (Lipinski definition) is 8. The van der Waals surface area contributed by atoms with Crippen LogP contribution in [0.3, 0.4) is 0 Å². The van der Waals surface area contributed by atoms with Gasteiger partial charge < -0.3 is 19.2 Å². The first-order valence-corrected chi connectivity index (χ1v) is 16.7. The predicted molar refractivity (Wildman–Crippen MR) is 174 cm³/mol. The first kappa shape index (κ1) is 30.7. The zero-order valence-electron chi connectivity index (χ0n) is 28.3. The molecular formula is C35H49N7O3. The molecule has 4 atom stereocenters. The van der Waals surface area contributed by atoms with Gasteiger partial charge in [-0.15, -0.1) is 0 Å². The number of benzene rings is 1. The summed E-state index contributed by atoms with van der Waals surface area (Å²) in [7, 11) is 0. The third-order valence-corrected chi connectivity index (χ3v) is 10.3. The minimum Gasteiger partial charge on any atom is -0.345 e. The lowest BCUT2D eigenvalue weighted by atomic mass is 9.76. The molecule has 1 aliphatic carbocycles. The number of imidazole rings is 2. The molecule has 3 fully saturated rings. The Morgan fingerprint density at radius 2 is 1.84 bits per heavy atom. The van der Waals surface area contributed by atoms with E-state index in [2.05, 4.69) is 84.6 Å². The third kappa shape index (κ3) is 5.47. The van der Waals surface area contributed by atoms with Crippen molar-refractivity contribution in [2.24, 2.45) is 5.92 Å². The lowest BCUT2D eigenvalue weighted by Crippen LogP contribution is -2.52. The fraction of sp³-hybridized carbons (Fsp3) is 0.657. The van der Waals surface area contributed by atoms with Crippen LogP contribution in [0.2, 0.25) is 0 Å². The van der Waals surface area contributed by atoms with E-state index in [1.54, 1.807) is 6.33 Å². The SMILES string of the molecule is Cc1ncnc2c1ncn2[C@@]1(C)OC(CN(C(C)C)C2CC(CCc3nc4ccc(C(C)(C)C)cc4[nH]3)C2)[C@H]2OC(C)(C)O[C@H]21. The van der Waals surface area contributed by atoms with Crippen molar-refractivity contribution in [1.82, 2.24) is 34.4 Å². The predicted octanol–water partition coefficient (Wildman–Crippen LogP) is 6.02. The van der Waals surface area contributed by atoms with Crippen LogP contribution in [-0.4, -0.2) is 77.1 Å². The number of ether oxygens (including phenoxy) is 3. The van der Waals surface area contributed by atoms with Crippen molar-refractivity contribution in [3.8, 4) is 0 Å². The lowest BCUT2D eigenvalue weighted by Gasteiger charge is -2.46. The van der Waals surface area contributed by atoms with Crippen LogP contribution in [0, 0.1) is 12.8 Å². The van der Waals surface area contributed by atoms with Gasteiger partial charge >= 0.3 is 0 Å². The highest BCUT2D eigenvalue weighted by Gasteiger charge is 2.62. The number of hydrogen-bond donors (Lipinski definition) is 1. The molecule has 10 heteroatoms. The molecule has 10 nitrogen and oxygen atoms in total. The zero-order chi connectivity index (χ0) is 31.9. The van der Waals surface area contributed by atoms with Crippen LogP contribution in [0.1, 0.15) is 91.7 Å². The van der Waals surface area contributed by atoms with E-state index in [9.17, 15) is 0 Å². The summed E-state index contributed by atoms with van der Waals surface area (Å²) >= 11 is 0. The van der Waals surface area contributed by atoms with Crippen LogP contribution in [-0.2, 0) is 31.8 Å². The Morgan fingerprint density at radius 1 is 1.07 bits per heavy atom. The molecule has 2 aliphatic heterocycles. The van der Waals surface area contributed by atoms with Crippen LogP contribution in [0.15, 0.2) is 30.9 Å². The molecule has 1 unspecified atom stereocenters. The second kappa shape index (κ2) is 10.8. The number of H-pyrrole nitrogens is 1. The topological polar surface area (TPSA) is 103 Å². The van der Waals surface area contributed by atoms with Gasteiger partial charge in [-0.05, 0) is 89.8 Å². The first-order valence-electron chi connectivity index (χ1n) is 16.7. The Bertz CT molecular complexity index is 1700. The number of aryl methyl sites for hydroxylation is 2. The van der Waals surface area contributed by atoms with Gasteiger partial charge in [-0.1, -0.05) is 26.8 Å². The molecule has 242 valence electrons. The Morgan fingerprint density at radius 3 is 2.58 bits per heavy atom. The molecular weight excluding hydrogens is 566 g/mol. The second-order valence-electron chi connectivity index (χ2n) is 15.5. The number of rotatable bonds is 8. The fourth-order valence-electron chi connectivity index (χ4n) is 7.71. The minimum atomic E-state index is -0.816. The average Bonchev–Trinajstić information content (AvgIpc) is 3.68. The Balaban J connectivity index is 1.03. The number of nitrogens with one attached hydrogen (secondary N) is 1. The quantitative estimate of drug-likeness (QED) is 0.257.